The van der Waals surface area contributed by atoms with Crippen molar-refractivity contribution >= 4 is 5.97 Å². The molecular weight excluding hydrogens is 203 g/mol. The minimum atomic E-state index is -1.46. The topological polar surface area (TPSA) is 99.1 Å². The van der Waals surface area contributed by atoms with Gasteiger partial charge in [-0.05, 0) is 0 Å². The third-order valence-corrected chi connectivity index (χ3v) is 1.98. The number of hydrogen-bond acceptors (Lipinski definition) is 6. The van der Waals surface area contributed by atoms with Crippen LogP contribution in [0.3, 0.4) is 0 Å². The SMILES string of the molecule is COC1C(C(=O)[O-])OCC(O)C1O.[Na+]. The fourth-order valence-corrected chi connectivity index (χ4v) is 1.26. The predicted molar refractivity (Wildman–Crippen MR) is 37.6 cm³/mol. The van der Waals surface area contributed by atoms with Crippen molar-refractivity contribution in [2.75, 3.05) is 13.7 Å². The number of carbonyl (C=O) groups is 1. The molecule has 0 aromatic carbocycles. The molecule has 4 atom stereocenters. The standard InChI is InChI=1S/C7H12O6.Na/c1-12-5-4(9)3(8)2-13-6(5)7(10)11;/h3-6,8-9H,2H2,1H3,(H,10,11);/q;+1/p-1. The first kappa shape index (κ1) is 14.3. The van der Waals surface area contributed by atoms with Gasteiger partial charge in [0.25, 0.3) is 0 Å². The van der Waals surface area contributed by atoms with Gasteiger partial charge in [0.05, 0.1) is 12.6 Å². The maximum absolute atomic E-state index is 10.5. The molecule has 1 rings (SSSR count). The zero-order valence-electron chi connectivity index (χ0n) is 8.04. The van der Waals surface area contributed by atoms with Crippen molar-refractivity contribution in [1.82, 2.24) is 0 Å². The van der Waals surface area contributed by atoms with Gasteiger partial charge < -0.3 is 29.6 Å². The zero-order valence-corrected chi connectivity index (χ0v) is 10.0. The molecule has 4 unspecified atom stereocenters. The quantitative estimate of drug-likeness (QED) is 0.444. The van der Waals surface area contributed by atoms with Crippen molar-refractivity contribution in [3.8, 4) is 0 Å². The van der Waals surface area contributed by atoms with Gasteiger partial charge >= 0.3 is 29.6 Å². The second-order valence-electron chi connectivity index (χ2n) is 2.83. The number of aliphatic hydroxyl groups excluding tert-OH is 2. The minimum Gasteiger partial charge on any atom is -0.547 e. The van der Waals surface area contributed by atoms with E-state index in [0.29, 0.717) is 0 Å². The van der Waals surface area contributed by atoms with Gasteiger partial charge in [0.15, 0.2) is 0 Å². The van der Waals surface area contributed by atoms with E-state index >= 15 is 0 Å². The Bertz CT molecular complexity index is 199. The van der Waals surface area contributed by atoms with E-state index in [2.05, 4.69) is 0 Å². The Morgan fingerprint density at radius 2 is 2.14 bits per heavy atom. The van der Waals surface area contributed by atoms with Gasteiger partial charge in [0.1, 0.15) is 24.4 Å². The van der Waals surface area contributed by atoms with Crippen molar-refractivity contribution in [2.24, 2.45) is 0 Å². The third kappa shape index (κ3) is 2.90. The van der Waals surface area contributed by atoms with Crippen LogP contribution < -0.4 is 34.7 Å². The number of methoxy groups -OCH3 is 1. The number of aliphatic carboxylic acids is 1. The number of carbonyl (C=O) groups excluding carboxylic acids is 1. The number of aliphatic hydroxyl groups is 2. The molecule has 1 aliphatic rings. The molecule has 1 heterocycles. The number of carboxylic acids is 1. The van der Waals surface area contributed by atoms with E-state index in [1.165, 1.54) is 7.11 Å². The van der Waals surface area contributed by atoms with Gasteiger partial charge in [-0.1, -0.05) is 0 Å². The number of carboxylic acid groups (broad SMARTS) is 1. The van der Waals surface area contributed by atoms with Gasteiger partial charge in [-0.15, -0.1) is 0 Å². The maximum atomic E-state index is 10.5. The first-order chi connectivity index (χ1) is 6.07. The van der Waals surface area contributed by atoms with E-state index in [0.717, 1.165) is 0 Å². The van der Waals surface area contributed by atoms with Crippen molar-refractivity contribution in [3.05, 3.63) is 0 Å². The van der Waals surface area contributed by atoms with Crippen LogP contribution in [0.1, 0.15) is 0 Å². The number of ether oxygens (including phenoxy) is 2. The van der Waals surface area contributed by atoms with Crippen LogP contribution in [0, 0.1) is 0 Å². The van der Waals surface area contributed by atoms with E-state index in [4.69, 9.17) is 14.6 Å². The molecule has 0 aromatic rings. The summed E-state index contributed by atoms with van der Waals surface area (Å²) >= 11 is 0. The monoisotopic (exact) mass is 214 g/mol. The first-order valence-electron chi connectivity index (χ1n) is 3.79. The Kier molecular flexibility index (Phi) is 6.15. The Labute approximate surface area is 103 Å². The number of hydrogen-bond donors (Lipinski definition) is 2. The summed E-state index contributed by atoms with van der Waals surface area (Å²) in [5.41, 5.74) is 0. The molecule has 1 saturated heterocycles. The van der Waals surface area contributed by atoms with E-state index in [1.807, 2.05) is 0 Å². The van der Waals surface area contributed by atoms with Crippen LogP contribution in [0.2, 0.25) is 0 Å². The Morgan fingerprint density at radius 3 is 2.57 bits per heavy atom. The van der Waals surface area contributed by atoms with E-state index in [-0.39, 0.29) is 36.2 Å². The molecular formula is C7H11NaO6. The average molecular weight is 214 g/mol. The van der Waals surface area contributed by atoms with Crippen LogP contribution in [-0.4, -0.2) is 54.3 Å². The smallest absolute Gasteiger partial charge is 0.547 e. The van der Waals surface area contributed by atoms with Crippen LogP contribution in [0.5, 0.6) is 0 Å². The van der Waals surface area contributed by atoms with Crippen molar-refractivity contribution in [2.45, 2.75) is 24.4 Å². The van der Waals surface area contributed by atoms with Gasteiger partial charge in [-0.3, -0.25) is 0 Å². The zero-order chi connectivity index (χ0) is 10.0. The largest absolute Gasteiger partial charge is 1.00 e. The Morgan fingerprint density at radius 1 is 1.57 bits per heavy atom. The molecule has 14 heavy (non-hydrogen) atoms. The summed E-state index contributed by atoms with van der Waals surface area (Å²) in [4.78, 5) is 10.5. The summed E-state index contributed by atoms with van der Waals surface area (Å²) in [7, 11) is 1.23. The summed E-state index contributed by atoms with van der Waals surface area (Å²) in [5.74, 6) is -1.46. The minimum absolute atomic E-state index is 0. The molecule has 1 fully saturated rings. The first-order valence-corrected chi connectivity index (χ1v) is 3.79. The third-order valence-electron chi connectivity index (χ3n) is 1.98. The van der Waals surface area contributed by atoms with Gasteiger partial charge in [-0.2, -0.15) is 0 Å². The van der Waals surface area contributed by atoms with Crippen molar-refractivity contribution in [1.29, 1.82) is 0 Å². The van der Waals surface area contributed by atoms with Gasteiger partial charge in [-0.25, -0.2) is 0 Å². The maximum Gasteiger partial charge on any atom is 1.00 e. The molecule has 0 radical (unpaired) electrons. The molecule has 0 aliphatic carbocycles. The summed E-state index contributed by atoms with van der Waals surface area (Å²) in [6, 6.07) is 0. The van der Waals surface area contributed by atoms with Crippen LogP contribution in [0.4, 0.5) is 0 Å². The fraction of sp³-hybridized carbons (Fsp3) is 0.857. The predicted octanol–water partition coefficient (Wildman–Crippen LogP) is -6.12. The summed E-state index contributed by atoms with van der Waals surface area (Å²) in [6.07, 6.45) is -4.81. The average Bonchev–Trinajstić information content (AvgIpc) is 2.09. The second kappa shape index (κ2) is 6.02. The number of rotatable bonds is 2. The molecule has 7 heteroatoms. The van der Waals surface area contributed by atoms with Crippen LogP contribution in [-0.2, 0) is 14.3 Å². The molecule has 2 N–H and O–H groups in total. The van der Waals surface area contributed by atoms with Crippen LogP contribution in [0.15, 0.2) is 0 Å². The fourth-order valence-electron chi connectivity index (χ4n) is 1.26. The van der Waals surface area contributed by atoms with Crippen LogP contribution >= 0.6 is 0 Å². The summed E-state index contributed by atoms with van der Waals surface area (Å²) < 4.78 is 9.42. The van der Waals surface area contributed by atoms with Gasteiger partial charge in [0, 0.05) is 7.11 Å². The second-order valence-corrected chi connectivity index (χ2v) is 2.83. The summed E-state index contributed by atoms with van der Waals surface area (Å²) in [6.45, 7) is -0.236. The van der Waals surface area contributed by atoms with Gasteiger partial charge in [0.2, 0.25) is 0 Å². The van der Waals surface area contributed by atoms with Crippen molar-refractivity contribution in [3.63, 3.8) is 0 Å². The molecule has 0 spiro atoms. The van der Waals surface area contributed by atoms with E-state index in [9.17, 15) is 15.0 Å². The van der Waals surface area contributed by atoms with E-state index < -0.39 is 30.4 Å². The molecule has 0 amide bonds. The molecule has 0 saturated carbocycles. The van der Waals surface area contributed by atoms with Crippen LogP contribution in [0.25, 0.3) is 0 Å². The Balaban J connectivity index is 0.00000169. The van der Waals surface area contributed by atoms with Crippen molar-refractivity contribution < 1.29 is 59.1 Å². The summed E-state index contributed by atoms with van der Waals surface area (Å²) in [5, 5.41) is 28.9. The molecule has 76 valence electrons. The molecule has 0 aromatic heterocycles. The van der Waals surface area contributed by atoms with E-state index in [1.54, 1.807) is 0 Å². The molecule has 1 aliphatic heterocycles. The molecule has 6 nitrogen and oxygen atoms in total. The molecule has 0 bridgehead atoms. The Hall–Kier alpha value is 0.310. The normalized spacial score (nSPS) is 37.4.